The highest BCUT2D eigenvalue weighted by atomic mass is 35.5. The van der Waals surface area contributed by atoms with Gasteiger partial charge in [-0.25, -0.2) is 0 Å². The average Bonchev–Trinajstić information content (AvgIpc) is 3.14. The Morgan fingerprint density at radius 2 is 1.90 bits per heavy atom. The molecule has 1 heterocycles. The second-order valence-corrected chi connectivity index (χ2v) is 8.25. The van der Waals surface area contributed by atoms with Crippen molar-refractivity contribution in [2.75, 3.05) is 0 Å². The zero-order valence-electron chi connectivity index (χ0n) is 17.1. The molecule has 1 aliphatic rings. The third kappa shape index (κ3) is 4.65. The molecule has 2 aromatic carbocycles. The topological polar surface area (TPSA) is 57.8 Å². The number of H-pyrrole nitrogens is 1. The summed E-state index contributed by atoms with van der Waals surface area (Å²) in [6, 6.07) is 17.7. The number of fused-ring (bicyclic) bond motifs is 1. The van der Waals surface area contributed by atoms with Gasteiger partial charge in [0.25, 0.3) is 5.91 Å². The van der Waals surface area contributed by atoms with Gasteiger partial charge in [-0.3, -0.25) is 9.89 Å². The van der Waals surface area contributed by atoms with E-state index < -0.39 is 0 Å². The van der Waals surface area contributed by atoms with Crippen LogP contribution in [0.15, 0.2) is 54.6 Å². The molecule has 4 rings (SSSR count). The van der Waals surface area contributed by atoms with Crippen LogP contribution in [-0.2, 0) is 6.42 Å². The molecule has 2 N–H and O–H groups in total. The lowest BCUT2D eigenvalue weighted by Gasteiger charge is -2.16. The van der Waals surface area contributed by atoms with Crippen molar-refractivity contribution in [1.29, 1.82) is 0 Å². The lowest BCUT2D eigenvalue weighted by Crippen LogP contribution is -2.27. The summed E-state index contributed by atoms with van der Waals surface area (Å²) in [5.41, 5.74) is 5.78. The van der Waals surface area contributed by atoms with Gasteiger partial charge in [0.2, 0.25) is 0 Å². The first-order valence-electron chi connectivity index (χ1n) is 10.5. The molecule has 1 aromatic heterocycles. The third-order valence-corrected chi connectivity index (χ3v) is 5.84. The van der Waals surface area contributed by atoms with Crippen molar-refractivity contribution in [3.63, 3.8) is 0 Å². The first kappa shape index (κ1) is 20.4. The van der Waals surface area contributed by atoms with Crippen molar-refractivity contribution in [3.05, 3.63) is 87.7 Å². The Morgan fingerprint density at radius 1 is 1.10 bits per heavy atom. The first-order valence-corrected chi connectivity index (χ1v) is 10.9. The molecule has 0 saturated carbocycles. The predicted molar refractivity (Wildman–Crippen MR) is 122 cm³/mol. The molecule has 0 spiro atoms. The number of halogens is 1. The van der Waals surface area contributed by atoms with E-state index in [2.05, 4.69) is 21.6 Å². The monoisotopic (exact) mass is 419 g/mol. The second kappa shape index (κ2) is 9.31. The van der Waals surface area contributed by atoms with E-state index in [4.69, 9.17) is 11.6 Å². The summed E-state index contributed by atoms with van der Waals surface area (Å²) in [6.45, 7) is 2.00. The summed E-state index contributed by atoms with van der Waals surface area (Å²) in [5.74, 6) is -0.109. The number of hydrogen-bond acceptors (Lipinski definition) is 2. The summed E-state index contributed by atoms with van der Waals surface area (Å²) in [7, 11) is 0. The number of nitrogens with zero attached hydrogens (tertiary/aromatic N) is 1. The van der Waals surface area contributed by atoms with Crippen LogP contribution in [0, 0.1) is 0 Å². The highest BCUT2D eigenvalue weighted by Gasteiger charge is 2.23. The van der Waals surface area contributed by atoms with E-state index in [1.165, 1.54) is 0 Å². The molecule has 154 valence electrons. The molecule has 0 aliphatic heterocycles. The standard InChI is InChI=1S/C25H26ClN3O/c1-17(19-10-4-2-5-11-19)27-25(30)24-22-14-7-3-6-12-20(23(22)28-29-24)15-18-9-8-13-21(26)16-18/h2,4-5,8-11,13,15-17H,3,6-7,12,14H2,1H3,(H,27,30)(H,28,29)/t17-/m0/s1. The van der Waals surface area contributed by atoms with Crippen LogP contribution in [-0.4, -0.2) is 16.1 Å². The number of aromatic amines is 1. The molecule has 1 aliphatic carbocycles. The number of nitrogens with one attached hydrogen (secondary N) is 2. The van der Waals surface area contributed by atoms with Gasteiger partial charge < -0.3 is 5.32 Å². The summed E-state index contributed by atoms with van der Waals surface area (Å²) in [4.78, 5) is 13.1. The van der Waals surface area contributed by atoms with E-state index in [1.807, 2.05) is 61.5 Å². The number of aromatic nitrogens is 2. The Morgan fingerprint density at radius 3 is 2.70 bits per heavy atom. The summed E-state index contributed by atoms with van der Waals surface area (Å²) >= 11 is 6.16. The minimum Gasteiger partial charge on any atom is -0.344 e. The zero-order valence-corrected chi connectivity index (χ0v) is 17.9. The largest absolute Gasteiger partial charge is 0.344 e. The minimum atomic E-state index is -0.109. The van der Waals surface area contributed by atoms with E-state index in [0.717, 1.165) is 60.1 Å². The Hall–Kier alpha value is -2.85. The number of allylic oxidation sites excluding steroid dienone is 1. The molecule has 30 heavy (non-hydrogen) atoms. The van der Waals surface area contributed by atoms with E-state index in [-0.39, 0.29) is 11.9 Å². The van der Waals surface area contributed by atoms with Gasteiger partial charge >= 0.3 is 0 Å². The summed E-state index contributed by atoms with van der Waals surface area (Å²) in [6.07, 6.45) is 7.24. The molecule has 4 nitrogen and oxygen atoms in total. The van der Waals surface area contributed by atoms with Gasteiger partial charge in [0.15, 0.2) is 0 Å². The maximum Gasteiger partial charge on any atom is 0.270 e. The quantitative estimate of drug-likeness (QED) is 0.528. The Kier molecular flexibility index (Phi) is 6.34. The molecule has 3 aromatic rings. The van der Waals surface area contributed by atoms with Crippen molar-refractivity contribution in [1.82, 2.24) is 15.5 Å². The van der Waals surface area contributed by atoms with Crippen molar-refractivity contribution in [2.24, 2.45) is 0 Å². The van der Waals surface area contributed by atoms with E-state index in [9.17, 15) is 4.79 Å². The number of amides is 1. The molecule has 1 amide bonds. The SMILES string of the molecule is C[C@H](NC(=O)c1[nH]nc2c1CCCCCC2=Cc1cccc(Cl)c1)c1ccccc1. The lowest BCUT2D eigenvalue weighted by atomic mass is 9.92. The van der Waals surface area contributed by atoms with Gasteiger partial charge in [-0.1, -0.05) is 60.5 Å². The van der Waals surface area contributed by atoms with Crippen LogP contribution in [0.1, 0.15) is 71.5 Å². The van der Waals surface area contributed by atoms with Crippen LogP contribution in [0.25, 0.3) is 11.6 Å². The maximum atomic E-state index is 13.1. The number of rotatable bonds is 4. The fourth-order valence-electron chi connectivity index (χ4n) is 4.01. The smallest absolute Gasteiger partial charge is 0.270 e. The van der Waals surface area contributed by atoms with Gasteiger partial charge in [0, 0.05) is 10.6 Å². The number of carbonyl (C=O) groups excluding carboxylic acids is 1. The molecule has 5 heteroatoms. The van der Waals surface area contributed by atoms with Gasteiger partial charge in [-0.2, -0.15) is 5.10 Å². The molecular formula is C25H26ClN3O. The average molecular weight is 420 g/mol. The van der Waals surface area contributed by atoms with Gasteiger partial charge in [0.05, 0.1) is 11.7 Å². The van der Waals surface area contributed by atoms with E-state index in [0.29, 0.717) is 10.7 Å². The van der Waals surface area contributed by atoms with Crippen molar-refractivity contribution in [2.45, 2.75) is 45.1 Å². The fourth-order valence-corrected chi connectivity index (χ4v) is 4.21. The molecule has 1 atom stereocenters. The van der Waals surface area contributed by atoms with Gasteiger partial charge in [0.1, 0.15) is 5.69 Å². The molecule has 0 fully saturated rings. The van der Waals surface area contributed by atoms with Crippen molar-refractivity contribution < 1.29 is 4.79 Å². The predicted octanol–water partition coefficient (Wildman–Crippen LogP) is 6.21. The second-order valence-electron chi connectivity index (χ2n) is 7.82. The Bertz CT molecular complexity index is 1060. The fraction of sp³-hybridized carbons (Fsp3) is 0.280. The molecule has 0 bridgehead atoms. The van der Waals surface area contributed by atoms with Crippen LogP contribution in [0.2, 0.25) is 5.02 Å². The lowest BCUT2D eigenvalue weighted by molar-refractivity contribution is 0.0934. The van der Waals surface area contributed by atoms with E-state index >= 15 is 0 Å². The number of benzene rings is 2. The van der Waals surface area contributed by atoms with Gasteiger partial charge in [-0.05, 0) is 67.5 Å². The molecular weight excluding hydrogens is 394 g/mol. The highest BCUT2D eigenvalue weighted by molar-refractivity contribution is 6.30. The van der Waals surface area contributed by atoms with Crippen LogP contribution in [0.3, 0.4) is 0 Å². The Balaban J connectivity index is 1.63. The van der Waals surface area contributed by atoms with Gasteiger partial charge in [-0.15, -0.1) is 0 Å². The molecule has 0 saturated heterocycles. The molecule has 0 unspecified atom stereocenters. The van der Waals surface area contributed by atoms with Crippen LogP contribution in [0.5, 0.6) is 0 Å². The summed E-state index contributed by atoms with van der Waals surface area (Å²) in [5, 5.41) is 11.4. The summed E-state index contributed by atoms with van der Waals surface area (Å²) < 4.78 is 0. The van der Waals surface area contributed by atoms with Crippen LogP contribution >= 0.6 is 11.6 Å². The zero-order chi connectivity index (χ0) is 20.9. The first-order chi connectivity index (χ1) is 14.6. The number of carbonyl (C=O) groups is 1. The Labute approximate surface area is 182 Å². The normalized spacial score (nSPS) is 16.4. The van der Waals surface area contributed by atoms with Crippen LogP contribution in [0.4, 0.5) is 0 Å². The van der Waals surface area contributed by atoms with E-state index in [1.54, 1.807) is 0 Å². The molecule has 0 radical (unpaired) electrons. The minimum absolute atomic E-state index is 0.0762. The third-order valence-electron chi connectivity index (χ3n) is 5.61. The number of hydrogen-bond donors (Lipinski definition) is 2. The van der Waals surface area contributed by atoms with Crippen molar-refractivity contribution in [3.8, 4) is 0 Å². The maximum absolute atomic E-state index is 13.1. The van der Waals surface area contributed by atoms with Crippen LogP contribution < -0.4 is 5.32 Å². The highest BCUT2D eigenvalue weighted by Crippen LogP contribution is 2.31. The van der Waals surface area contributed by atoms with Crippen molar-refractivity contribution >= 4 is 29.2 Å².